The third kappa shape index (κ3) is 2.05. The Kier molecular flexibility index (Phi) is 3.20. The molecule has 0 spiro atoms. The second kappa shape index (κ2) is 5.36. The van der Waals surface area contributed by atoms with Crippen LogP contribution < -0.4 is 0 Å². The van der Waals surface area contributed by atoms with E-state index in [0.717, 1.165) is 33.4 Å². The average molecular weight is 296 g/mol. The summed E-state index contributed by atoms with van der Waals surface area (Å²) in [6.45, 7) is 2.13. The maximum atomic E-state index is 11.7. The summed E-state index contributed by atoms with van der Waals surface area (Å²) in [5.74, 6) is 0. The van der Waals surface area contributed by atoms with Gasteiger partial charge in [0, 0.05) is 5.56 Å². The number of fused-ring (bicyclic) bond motifs is 2. The summed E-state index contributed by atoms with van der Waals surface area (Å²) in [6.07, 6.45) is 0.978. The molecule has 4 aromatic rings. The van der Waals surface area contributed by atoms with Gasteiger partial charge in [-0.2, -0.15) is 0 Å². The van der Waals surface area contributed by atoms with E-state index in [0.29, 0.717) is 0 Å². The van der Waals surface area contributed by atoms with Gasteiger partial charge in [0.2, 0.25) is 0 Å². The molecule has 0 heterocycles. The largest absolute Gasteiger partial charge is 0.298 e. The molecule has 4 aromatic carbocycles. The molecule has 0 unspecified atom stereocenters. The van der Waals surface area contributed by atoms with E-state index in [-0.39, 0.29) is 0 Å². The molecule has 0 amide bonds. The zero-order valence-electron chi connectivity index (χ0n) is 12.9. The minimum absolute atomic E-state index is 0.772. The molecule has 0 radical (unpaired) electrons. The van der Waals surface area contributed by atoms with Gasteiger partial charge in [0.25, 0.3) is 0 Å². The van der Waals surface area contributed by atoms with E-state index >= 15 is 0 Å². The second-order valence-corrected chi connectivity index (χ2v) is 5.81. The van der Waals surface area contributed by atoms with E-state index in [1.165, 1.54) is 16.7 Å². The van der Waals surface area contributed by atoms with Gasteiger partial charge in [0.05, 0.1) is 0 Å². The van der Waals surface area contributed by atoms with Crippen LogP contribution >= 0.6 is 0 Å². The van der Waals surface area contributed by atoms with Crippen LogP contribution in [0.25, 0.3) is 32.7 Å². The van der Waals surface area contributed by atoms with Crippen molar-refractivity contribution in [1.82, 2.24) is 0 Å². The number of aryl methyl sites for hydroxylation is 1. The van der Waals surface area contributed by atoms with Crippen molar-refractivity contribution in [2.75, 3.05) is 0 Å². The van der Waals surface area contributed by atoms with Gasteiger partial charge in [-0.1, -0.05) is 72.8 Å². The van der Waals surface area contributed by atoms with Gasteiger partial charge in [-0.05, 0) is 45.2 Å². The molecule has 23 heavy (non-hydrogen) atoms. The highest BCUT2D eigenvalue weighted by molar-refractivity contribution is 6.20. The van der Waals surface area contributed by atoms with Crippen LogP contribution in [0.15, 0.2) is 72.8 Å². The van der Waals surface area contributed by atoms with Crippen molar-refractivity contribution in [2.45, 2.75) is 6.92 Å². The van der Waals surface area contributed by atoms with E-state index < -0.39 is 0 Å². The Morgan fingerprint density at radius 2 is 1.13 bits per heavy atom. The third-order valence-corrected chi connectivity index (χ3v) is 4.51. The summed E-state index contributed by atoms with van der Waals surface area (Å²) in [6, 6.07) is 24.8. The van der Waals surface area contributed by atoms with Crippen molar-refractivity contribution in [1.29, 1.82) is 0 Å². The maximum absolute atomic E-state index is 11.7. The molecule has 4 rings (SSSR count). The lowest BCUT2D eigenvalue weighted by Gasteiger charge is -2.16. The molecule has 110 valence electrons. The highest BCUT2D eigenvalue weighted by atomic mass is 16.1. The van der Waals surface area contributed by atoms with Crippen molar-refractivity contribution >= 4 is 27.8 Å². The monoisotopic (exact) mass is 296 g/mol. The molecule has 0 aromatic heterocycles. The fourth-order valence-corrected chi connectivity index (χ4v) is 3.43. The lowest BCUT2D eigenvalue weighted by atomic mass is 9.87. The van der Waals surface area contributed by atoms with Gasteiger partial charge in [-0.15, -0.1) is 0 Å². The van der Waals surface area contributed by atoms with Gasteiger partial charge in [-0.25, -0.2) is 0 Å². The van der Waals surface area contributed by atoms with Crippen LogP contribution in [0.4, 0.5) is 0 Å². The van der Waals surface area contributed by atoms with E-state index in [1.807, 2.05) is 36.4 Å². The van der Waals surface area contributed by atoms with Gasteiger partial charge < -0.3 is 0 Å². The Labute approximate surface area is 135 Å². The van der Waals surface area contributed by atoms with Gasteiger partial charge in [0.1, 0.15) is 0 Å². The minimum Gasteiger partial charge on any atom is -0.298 e. The van der Waals surface area contributed by atoms with E-state index in [9.17, 15) is 4.79 Å². The number of carbonyl (C=O) groups is 1. The lowest BCUT2D eigenvalue weighted by Crippen LogP contribution is -1.93. The normalized spacial score (nSPS) is 11.0. The standard InChI is InChI=1S/C22H16O/c1-15-8-2-3-9-16(15)22-19-12-6-4-10-17(19)21(14-23)18-11-5-7-13-20(18)22/h2-14H,1H3. The Balaban J connectivity index is 2.30. The maximum Gasteiger partial charge on any atom is 0.151 e. The molecule has 0 saturated heterocycles. The first-order chi connectivity index (χ1) is 11.3. The van der Waals surface area contributed by atoms with E-state index in [2.05, 4.69) is 43.3 Å². The molecule has 0 aliphatic heterocycles. The summed E-state index contributed by atoms with van der Waals surface area (Å²) in [7, 11) is 0. The number of hydrogen-bond acceptors (Lipinski definition) is 1. The zero-order chi connectivity index (χ0) is 15.8. The quantitative estimate of drug-likeness (QED) is 0.338. The second-order valence-electron chi connectivity index (χ2n) is 5.81. The zero-order valence-corrected chi connectivity index (χ0v) is 12.9. The van der Waals surface area contributed by atoms with Crippen molar-refractivity contribution < 1.29 is 4.79 Å². The molecule has 0 atom stereocenters. The molecule has 0 bridgehead atoms. The Bertz CT molecular complexity index is 987. The third-order valence-electron chi connectivity index (χ3n) is 4.51. The first-order valence-corrected chi connectivity index (χ1v) is 7.76. The summed E-state index contributed by atoms with van der Waals surface area (Å²) >= 11 is 0. The smallest absolute Gasteiger partial charge is 0.151 e. The summed E-state index contributed by atoms with van der Waals surface area (Å²) in [4.78, 5) is 11.7. The molecular weight excluding hydrogens is 280 g/mol. The number of carbonyl (C=O) groups excluding carboxylic acids is 1. The van der Waals surface area contributed by atoms with Crippen LogP contribution in [0.3, 0.4) is 0 Å². The fraction of sp³-hybridized carbons (Fsp3) is 0.0455. The van der Waals surface area contributed by atoms with Crippen molar-refractivity contribution in [3.8, 4) is 11.1 Å². The minimum atomic E-state index is 0.772. The molecule has 1 nitrogen and oxygen atoms in total. The first kappa shape index (κ1) is 13.7. The molecule has 0 saturated carbocycles. The predicted molar refractivity (Wildman–Crippen MR) is 97.0 cm³/mol. The Hall–Kier alpha value is -2.93. The van der Waals surface area contributed by atoms with Gasteiger partial charge in [0.15, 0.2) is 6.29 Å². The van der Waals surface area contributed by atoms with Gasteiger partial charge >= 0.3 is 0 Å². The molecule has 1 heteroatoms. The first-order valence-electron chi connectivity index (χ1n) is 7.76. The van der Waals surface area contributed by atoms with E-state index in [1.54, 1.807) is 0 Å². The molecule has 0 fully saturated rings. The van der Waals surface area contributed by atoms with Crippen LogP contribution in [0.1, 0.15) is 15.9 Å². The topological polar surface area (TPSA) is 17.1 Å². The number of hydrogen-bond donors (Lipinski definition) is 0. The van der Waals surface area contributed by atoms with Crippen molar-refractivity contribution in [3.05, 3.63) is 83.9 Å². The summed E-state index contributed by atoms with van der Waals surface area (Å²) in [5, 5.41) is 4.28. The van der Waals surface area contributed by atoms with E-state index in [4.69, 9.17) is 0 Å². The molecule has 0 aliphatic carbocycles. The molecule has 0 N–H and O–H groups in total. The highest BCUT2D eigenvalue weighted by Crippen LogP contribution is 2.39. The Morgan fingerprint density at radius 1 is 0.652 bits per heavy atom. The fourth-order valence-electron chi connectivity index (χ4n) is 3.43. The average Bonchev–Trinajstić information content (AvgIpc) is 2.60. The van der Waals surface area contributed by atoms with Crippen LogP contribution in [0, 0.1) is 6.92 Å². The van der Waals surface area contributed by atoms with Gasteiger partial charge in [-0.3, -0.25) is 4.79 Å². The number of benzene rings is 4. The SMILES string of the molecule is Cc1ccccc1-c1c2ccccc2c(C=O)c2ccccc12. The van der Waals surface area contributed by atoms with Crippen LogP contribution in [0.2, 0.25) is 0 Å². The predicted octanol–water partition coefficient (Wildman–Crippen LogP) is 5.78. The van der Waals surface area contributed by atoms with Crippen molar-refractivity contribution in [3.63, 3.8) is 0 Å². The number of rotatable bonds is 2. The van der Waals surface area contributed by atoms with Crippen LogP contribution in [-0.4, -0.2) is 6.29 Å². The summed E-state index contributed by atoms with van der Waals surface area (Å²) in [5.41, 5.74) is 4.44. The molecule has 0 aliphatic rings. The highest BCUT2D eigenvalue weighted by Gasteiger charge is 2.15. The van der Waals surface area contributed by atoms with Crippen LogP contribution in [-0.2, 0) is 0 Å². The summed E-state index contributed by atoms with van der Waals surface area (Å²) < 4.78 is 0. The molecular formula is C22H16O. The van der Waals surface area contributed by atoms with Crippen molar-refractivity contribution in [2.24, 2.45) is 0 Å². The van der Waals surface area contributed by atoms with Crippen LogP contribution in [0.5, 0.6) is 0 Å². The Morgan fingerprint density at radius 3 is 1.65 bits per heavy atom. The number of aldehydes is 1. The lowest BCUT2D eigenvalue weighted by molar-refractivity contribution is 0.112.